The Kier molecular flexibility index (Phi) is 5.20. The Morgan fingerprint density at radius 2 is 2.06 bits per heavy atom. The molecule has 0 spiro atoms. The highest BCUT2D eigenvalue weighted by molar-refractivity contribution is 7.08. The lowest BCUT2D eigenvalue weighted by Crippen LogP contribution is -2.43. The Hall–Kier alpha value is -3.66. The minimum atomic E-state index is -0.351. The second-order valence-corrected chi connectivity index (χ2v) is 10.00. The molecule has 1 aromatic carbocycles. The number of hydrogen-bond donors (Lipinski definition) is 0. The second kappa shape index (κ2) is 7.98. The highest BCUT2D eigenvalue weighted by atomic mass is 32.1. The molecular formula is C24H26N6O3S. The van der Waals surface area contributed by atoms with Crippen molar-refractivity contribution in [2.45, 2.75) is 32.9 Å². The molecular weight excluding hydrogens is 452 g/mol. The largest absolute Gasteiger partial charge is 0.496 e. The quantitative estimate of drug-likeness (QED) is 0.438. The minimum absolute atomic E-state index is 0.146. The summed E-state index contributed by atoms with van der Waals surface area (Å²) in [5, 5.41) is 17.1. The number of ether oxygens (including phenoxy) is 2. The zero-order valence-electron chi connectivity index (χ0n) is 20.0. The summed E-state index contributed by atoms with van der Waals surface area (Å²) in [4.78, 5) is 15.2. The molecule has 5 rings (SSSR count). The van der Waals surface area contributed by atoms with Gasteiger partial charge in [0.2, 0.25) is 0 Å². The van der Waals surface area contributed by atoms with E-state index in [2.05, 4.69) is 10.3 Å². The van der Waals surface area contributed by atoms with Crippen molar-refractivity contribution in [2.24, 2.45) is 7.05 Å². The van der Waals surface area contributed by atoms with Crippen LogP contribution in [-0.2, 0) is 13.7 Å². The summed E-state index contributed by atoms with van der Waals surface area (Å²) < 4.78 is 15.3. The molecule has 0 fully saturated rings. The zero-order valence-corrected chi connectivity index (χ0v) is 20.8. The Labute approximate surface area is 201 Å². The SMILES string of the molecule is COc1cc2c(cc1-c1cn(C)nn1)-c1c(c(C(=O)N(C)C(C)(C)C)nn1-c1ccsc1)CO2. The van der Waals surface area contributed by atoms with E-state index in [9.17, 15) is 4.79 Å². The number of carbonyl (C=O) groups is 1. The molecule has 0 bridgehead atoms. The number of amides is 1. The Morgan fingerprint density at radius 3 is 2.68 bits per heavy atom. The van der Waals surface area contributed by atoms with E-state index in [0.717, 1.165) is 28.1 Å². The second-order valence-electron chi connectivity index (χ2n) is 9.22. The molecule has 0 N–H and O–H groups in total. The fourth-order valence-electron chi connectivity index (χ4n) is 3.92. The number of hydrogen-bond acceptors (Lipinski definition) is 7. The lowest BCUT2D eigenvalue weighted by atomic mass is 9.97. The molecule has 3 aromatic heterocycles. The van der Waals surface area contributed by atoms with Gasteiger partial charge in [-0.1, -0.05) is 5.21 Å². The van der Waals surface area contributed by atoms with E-state index < -0.39 is 0 Å². The van der Waals surface area contributed by atoms with Crippen LogP contribution >= 0.6 is 11.3 Å². The van der Waals surface area contributed by atoms with Gasteiger partial charge in [-0.15, -0.1) is 5.10 Å². The predicted octanol–water partition coefficient (Wildman–Crippen LogP) is 4.17. The number of fused-ring (bicyclic) bond motifs is 3. The lowest BCUT2D eigenvalue weighted by molar-refractivity contribution is 0.0646. The molecule has 176 valence electrons. The third-order valence-electron chi connectivity index (χ3n) is 6.06. The van der Waals surface area contributed by atoms with E-state index in [1.54, 1.807) is 35.1 Å². The first-order valence-corrected chi connectivity index (χ1v) is 11.8. The van der Waals surface area contributed by atoms with E-state index >= 15 is 0 Å². The average Bonchev–Trinajstić information content (AvgIpc) is 3.55. The topological polar surface area (TPSA) is 87.3 Å². The molecule has 4 heterocycles. The molecule has 10 heteroatoms. The summed E-state index contributed by atoms with van der Waals surface area (Å²) in [7, 11) is 5.23. The summed E-state index contributed by atoms with van der Waals surface area (Å²) in [5.41, 5.74) is 4.80. The first-order valence-electron chi connectivity index (χ1n) is 10.8. The number of thiophene rings is 1. The van der Waals surface area contributed by atoms with Crippen molar-refractivity contribution in [1.82, 2.24) is 29.7 Å². The molecule has 0 radical (unpaired) electrons. The number of aromatic nitrogens is 5. The van der Waals surface area contributed by atoms with Gasteiger partial charge >= 0.3 is 0 Å². The van der Waals surface area contributed by atoms with Crippen LogP contribution in [0.3, 0.4) is 0 Å². The summed E-state index contributed by atoms with van der Waals surface area (Å²) >= 11 is 1.58. The van der Waals surface area contributed by atoms with Crippen molar-refractivity contribution in [1.29, 1.82) is 0 Å². The Balaban J connectivity index is 1.75. The third-order valence-corrected chi connectivity index (χ3v) is 6.73. The van der Waals surface area contributed by atoms with Gasteiger partial charge < -0.3 is 14.4 Å². The number of methoxy groups -OCH3 is 1. The lowest BCUT2D eigenvalue weighted by Gasteiger charge is -2.31. The monoisotopic (exact) mass is 478 g/mol. The molecule has 1 aliphatic rings. The van der Waals surface area contributed by atoms with Crippen LogP contribution in [0.2, 0.25) is 0 Å². The first kappa shape index (κ1) is 22.1. The molecule has 4 aromatic rings. The summed E-state index contributed by atoms with van der Waals surface area (Å²) in [6, 6.07) is 5.82. The van der Waals surface area contributed by atoms with E-state index in [1.807, 2.05) is 67.7 Å². The standard InChI is InChI=1S/C24H26N6O3S/c1-24(2,3)29(5)23(31)21-17-12-33-20-10-19(32-6)15(18-11-28(4)27-25-18)9-16(20)22(17)30(26-21)14-7-8-34-13-14/h7-11,13H,12H2,1-6H3. The average molecular weight is 479 g/mol. The van der Waals surface area contributed by atoms with Crippen LogP contribution in [0.1, 0.15) is 36.8 Å². The maximum Gasteiger partial charge on any atom is 0.274 e. The molecule has 0 unspecified atom stereocenters. The normalized spacial score (nSPS) is 12.6. The van der Waals surface area contributed by atoms with Gasteiger partial charge in [-0.3, -0.25) is 9.48 Å². The van der Waals surface area contributed by atoms with E-state index in [0.29, 0.717) is 22.9 Å². The number of carbonyl (C=O) groups excluding carboxylic acids is 1. The molecule has 34 heavy (non-hydrogen) atoms. The van der Waals surface area contributed by atoms with Crippen LogP contribution < -0.4 is 9.47 Å². The molecule has 0 saturated carbocycles. The Bertz CT molecular complexity index is 1380. The molecule has 0 atom stereocenters. The smallest absolute Gasteiger partial charge is 0.274 e. The van der Waals surface area contributed by atoms with E-state index in [-0.39, 0.29) is 18.1 Å². The van der Waals surface area contributed by atoms with Gasteiger partial charge in [-0.25, -0.2) is 4.68 Å². The molecule has 1 aliphatic heterocycles. The molecule has 0 aliphatic carbocycles. The fraction of sp³-hybridized carbons (Fsp3) is 0.333. The van der Waals surface area contributed by atoms with Crippen LogP contribution in [0.25, 0.3) is 28.2 Å². The van der Waals surface area contributed by atoms with Crippen LogP contribution in [0, 0.1) is 0 Å². The summed E-state index contributed by atoms with van der Waals surface area (Å²) in [6.07, 6.45) is 1.83. The van der Waals surface area contributed by atoms with Gasteiger partial charge in [-0.05, 0) is 38.3 Å². The first-order chi connectivity index (χ1) is 16.2. The van der Waals surface area contributed by atoms with Crippen molar-refractivity contribution >= 4 is 17.2 Å². The van der Waals surface area contributed by atoms with Gasteiger partial charge in [0.15, 0.2) is 5.69 Å². The summed E-state index contributed by atoms with van der Waals surface area (Å²) in [5.74, 6) is 1.15. The highest BCUT2D eigenvalue weighted by Gasteiger charge is 2.34. The van der Waals surface area contributed by atoms with Gasteiger partial charge in [-0.2, -0.15) is 16.4 Å². The minimum Gasteiger partial charge on any atom is -0.496 e. The number of rotatable bonds is 4. The Morgan fingerprint density at radius 1 is 1.26 bits per heavy atom. The molecule has 1 amide bonds. The van der Waals surface area contributed by atoms with E-state index in [4.69, 9.17) is 14.6 Å². The fourth-order valence-corrected chi connectivity index (χ4v) is 4.53. The van der Waals surface area contributed by atoms with Gasteiger partial charge in [0, 0.05) is 47.8 Å². The summed E-state index contributed by atoms with van der Waals surface area (Å²) in [6.45, 7) is 6.23. The third kappa shape index (κ3) is 3.54. The van der Waals surface area contributed by atoms with Crippen LogP contribution in [0.4, 0.5) is 0 Å². The van der Waals surface area contributed by atoms with Crippen molar-refractivity contribution in [3.8, 4) is 39.7 Å². The highest BCUT2D eigenvalue weighted by Crippen LogP contribution is 2.46. The predicted molar refractivity (Wildman–Crippen MR) is 130 cm³/mol. The van der Waals surface area contributed by atoms with Crippen molar-refractivity contribution < 1.29 is 14.3 Å². The number of nitrogens with zero attached hydrogens (tertiary/aromatic N) is 6. The van der Waals surface area contributed by atoms with Crippen molar-refractivity contribution in [3.05, 3.63) is 46.4 Å². The number of benzene rings is 1. The maximum absolute atomic E-state index is 13.5. The molecule has 9 nitrogen and oxygen atoms in total. The van der Waals surface area contributed by atoms with Gasteiger partial charge in [0.25, 0.3) is 5.91 Å². The van der Waals surface area contributed by atoms with Crippen molar-refractivity contribution in [2.75, 3.05) is 14.2 Å². The zero-order chi connectivity index (χ0) is 24.2. The number of aryl methyl sites for hydroxylation is 1. The van der Waals surface area contributed by atoms with E-state index in [1.165, 1.54) is 0 Å². The van der Waals surface area contributed by atoms with Crippen LogP contribution in [0.5, 0.6) is 11.5 Å². The molecule has 0 saturated heterocycles. The van der Waals surface area contributed by atoms with Crippen LogP contribution in [-0.4, -0.2) is 55.3 Å². The maximum atomic E-state index is 13.5. The van der Waals surface area contributed by atoms with Crippen molar-refractivity contribution in [3.63, 3.8) is 0 Å². The van der Waals surface area contributed by atoms with Crippen LogP contribution in [0.15, 0.2) is 35.2 Å². The van der Waals surface area contributed by atoms with Gasteiger partial charge in [0.1, 0.15) is 23.8 Å². The van der Waals surface area contributed by atoms with Gasteiger partial charge in [0.05, 0.1) is 24.7 Å².